The van der Waals surface area contributed by atoms with Gasteiger partial charge < -0.3 is 20.1 Å². The molecule has 1 aliphatic rings. The van der Waals surface area contributed by atoms with Crippen LogP contribution in [-0.2, 0) is 0 Å². The molecule has 19 heavy (non-hydrogen) atoms. The number of fused-ring (bicyclic) bond motifs is 1. The van der Waals surface area contributed by atoms with Crippen molar-refractivity contribution in [2.45, 2.75) is 6.10 Å². The number of rotatable bonds is 1. The zero-order valence-electron chi connectivity index (χ0n) is 9.95. The normalized spacial score (nSPS) is 17.3. The molecule has 0 amide bonds. The highest BCUT2D eigenvalue weighted by Gasteiger charge is 2.25. The van der Waals surface area contributed by atoms with E-state index in [4.69, 9.17) is 4.74 Å². The number of phenols is 2. The second-order valence-corrected chi connectivity index (χ2v) is 4.34. The molecule has 0 bridgehead atoms. The van der Waals surface area contributed by atoms with Gasteiger partial charge in [0.15, 0.2) is 11.5 Å². The maximum atomic E-state index is 10.3. The van der Waals surface area contributed by atoms with E-state index in [1.165, 1.54) is 18.4 Å². The molecule has 0 aliphatic carbocycles. The summed E-state index contributed by atoms with van der Waals surface area (Å²) in [5.74, 6) is -0.222. The van der Waals surface area contributed by atoms with Gasteiger partial charge in [-0.05, 0) is 11.6 Å². The Balaban J connectivity index is 2.06. The van der Waals surface area contributed by atoms with E-state index in [1.54, 1.807) is 0 Å². The Kier molecular flexibility index (Phi) is 2.65. The first-order valence-corrected chi connectivity index (χ1v) is 5.83. The summed E-state index contributed by atoms with van der Waals surface area (Å²) in [7, 11) is 0. The summed E-state index contributed by atoms with van der Waals surface area (Å²) in [6, 6.07) is 11.9. The minimum atomic E-state index is -0.905. The second-order valence-electron chi connectivity index (χ2n) is 4.34. The molecular weight excluding hydrogens is 244 g/mol. The van der Waals surface area contributed by atoms with Crippen LogP contribution >= 0.6 is 0 Å². The number of ether oxygens (including phenoxy) is 1. The van der Waals surface area contributed by atoms with E-state index in [0.717, 1.165) is 5.56 Å². The van der Waals surface area contributed by atoms with Gasteiger partial charge in [0.05, 0.1) is 6.26 Å². The molecular formula is C15H12O4. The first-order chi connectivity index (χ1) is 9.16. The fraction of sp³-hybridized carbons (Fsp3) is 0.0667. The van der Waals surface area contributed by atoms with Crippen LogP contribution in [0.5, 0.6) is 17.2 Å². The van der Waals surface area contributed by atoms with Crippen molar-refractivity contribution >= 4 is 5.57 Å². The van der Waals surface area contributed by atoms with Gasteiger partial charge in [0.2, 0.25) is 0 Å². The highest BCUT2D eigenvalue weighted by Crippen LogP contribution is 2.43. The van der Waals surface area contributed by atoms with E-state index < -0.39 is 6.10 Å². The lowest BCUT2D eigenvalue weighted by Crippen LogP contribution is -2.09. The number of aliphatic hydroxyl groups is 1. The molecule has 1 aliphatic heterocycles. The molecule has 0 spiro atoms. The monoisotopic (exact) mass is 256 g/mol. The molecule has 0 saturated carbocycles. The van der Waals surface area contributed by atoms with E-state index in [9.17, 15) is 15.3 Å². The van der Waals surface area contributed by atoms with Crippen molar-refractivity contribution in [1.82, 2.24) is 0 Å². The van der Waals surface area contributed by atoms with Gasteiger partial charge in [0.25, 0.3) is 0 Å². The Bertz CT molecular complexity index is 647. The van der Waals surface area contributed by atoms with Crippen LogP contribution in [-0.4, -0.2) is 15.3 Å². The van der Waals surface area contributed by atoms with Gasteiger partial charge in [-0.3, -0.25) is 0 Å². The molecule has 2 aromatic rings. The zero-order valence-corrected chi connectivity index (χ0v) is 9.95. The van der Waals surface area contributed by atoms with Gasteiger partial charge in [-0.15, -0.1) is 0 Å². The minimum Gasteiger partial charge on any atom is -0.504 e. The Labute approximate surface area is 109 Å². The molecule has 0 saturated heterocycles. The second kappa shape index (κ2) is 4.33. The predicted octanol–water partition coefficient (Wildman–Crippen LogP) is 2.56. The molecule has 3 N–H and O–H groups in total. The lowest BCUT2D eigenvalue weighted by Gasteiger charge is -2.23. The Morgan fingerprint density at radius 2 is 1.63 bits per heavy atom. The van der Waals surface area contributed by atoms with Gasteiger partial charge in [0.1, 0.15) is 11.9 Å². The van der Waals surface area contributed by atoms with E-state index in [2.05, 4.69) is 0 Å². The van der Waals surface area contributed by atoms with Crippen molar-refractivity contribution in [3.05, 3.63) is 59.9 Å². The fourth-order valence-corrected chi connectivity index (χ4v) is 2.11. The number of aromatic hydroxyl groups is 2. The van der Waals surface area contributed by atoms with E-state index in [-0.39, 0.29) is 11.5 Å². The molecule has 4 heteroatoms. The molecule has 2 aromatic carbocycles. The van der Waals surface area contributed by atoms with Crippen LogP contribution < -0.4 is 4.74 Å². The van der Waals surface area contributed by atoms with Crippen molar-refractivity contribution in [2.75, 3.05) is 0 Å². The largest absolute Gasteiger partial charge is 0.504 e. The molecule has 1 unspecified atom stereocenters. The first-order valence-electron chi connectivity index (χ1n) is 5.83. The molecule has 1 atom stereocenters. The molecule has 0 fully saturated rings. The lowest BCUT2D eigenvalue weighted by atomic mass is 9.94. The number of benzene rings is 2. The maximum absolute atomic E-state index is 10.3. The average Bonchev–Trinajstić information content (AvgIpc) is 2.42. The minimum absolute atomic E-state index is 0.275. The highest BCUT2D eigenvalue weighted by atomic mass is 16.5. The van der Waals surface area contributed by atoms with Gasteiger partial charge in [-0.1, -0.05) is 30.3 Å². The third kappa shape index (κ3) is 1.92. The number of hydrogen-bond donors (Lipinski definition) is 3. The smallest absolute Gasteiger partial charge is 0.161 e. The van der Waals surface area contributed by atoms with Gasteiger partial charge in [0, 0.05) is 17.2 Å². The molecule has 4 nitrogen and oxygen atoms in total. The maximum Gasteiger partial charge on any atom is 0.161 e. The van der Waals surface area contributed by atoms with Gasteiger partial charge in [-0.25, -0.2) is 0 Å². The molecule has 3 rings (SSSR count). The Morgan fingerprint density at radius 1 is 0.947 bits per heavy atom. The van der Waals surface area contributed by atoms with E-state index in [0.29, 0.717) is 16.9 Å². The summed E-state index contributed by atoms with van der Waals surface area (Å²) in [5.41, 5.74) is 1.88. The van der Waals surface area contributed by atoms with Crippen LogP contribution in [0.25, 0.3) is 5.57 Å². The van der Waals surface area contributed by atoms with Crippen LogP contribution in [0.1, 0.15) is 17.2 Å². The van der Waals surface area contributed by atoms with Crippen molar-refractivity contribution in [3.8, 4) is 17.2 Å². The summed E-state index contributed by atoms with van der Waals surface area (Å²) in [4.78, 5) is 0. The third-order valence-electron chi connectivity index (χ3n) is 3.12. The first kappa shape index (κ1) is 11.6. The third-order valence-corrected chi connectivity index (χ3v) is 3.12. The van der Waals surface area contributed by atoms with E-state index in [1.807, 2.05) is 30.3 Å². The van der Waals surface area contributed by atoms with Crippen LogP contribution in [0.4, 0.5) is 0 Å². The number of hydrogen-bond acceptors (Lipinski definition) is 4. The molecule has 96 valence electrons. The number of aliphatic hydroxyl groups excluding tert-OH is 1. The van der Waals surface area contributed by atoms with Crippen molar-refractivity contribution in [1.29, 1.82) is 0 Å². The SMILES string of the molecule is Oc1cc2c(cc1O)C(O)C(c1ccccc1)=CO2. The molecule has 0 radical (unpaired) electrons. The van der Waals surface area contributed by atoms with Crippen LogP contribution in [0.3, 0.4) is 0 Å². The standard InChI is InChI=1S/C15H12O4/c16-12-6-10-14(7-13(12)17)19-8-11(15(10)18)9-4-2-1-3-5-9/h1-8,15-18H. The summed E-state index contributed by atoms with van der Waals surface area (Å²) in [5, 5.41) is 29.3. The highest BCUT2D eigenvalue weighted by molar-refractivity contribution is 5.73. The Hall–Kier alpha value is -2.46. The van der Waals surface area contributed by atoms with Gasteiger partial charge in [-0.2, -0.15) is 0 Å². The zero-order chi connectivity index (χ0) is 13.4. The van der Waals surface area contributed by atoms with Crippen molar-refractivity contribution in [2.24, 2.45) is 0 Å². The molecule has 0 aromatic heterocycles. The van der Waals surface area contributed by atoms with Crippen molar-refractivity contribution in [3.63, 3.8) is 0 Å². The number of phenolic OH excluding ortho intramolecular Hbond substituents is 2. The van der Waals surface area contributed by atoms with Crippen LogP contribution in [0.2, 0.25) is 0 Å². The predicted molar refractivity (Wildman–Crippen MR) is 69.8 cm³/mol. The van der Waals surface area contributed by atoms with Crippen molar-refractivity contribution < 1.29 is 20.1 Å². The topological polar surface area (TPSA) is 69.9 Å². The quantitative estimate of drug-likeness (QED) is 0.686. The average molecular weight is 256 g/mol. The lowest BCUT2D eigenvalue weighted by molar-refractivity contribution is 0.223. The fourth-order valence-electron chi connectivity index (χ4n) is 2.11. The Morgan fingerprint density at radius 3 is 2.37 bits per heavy atom. The van der Waals surface area contributed by atoms with Crippen LogP contribution in [0, 0.1) is 0 Å². The van der Waals surface area contributed by atoms with E-state index >= 15 is 0 Å². The summed E-state index contributed by atoms with van der Waals surface area (Å²) < 4.78 is 5.40. The summed E-state index contributed by atoms with van der Waals surface area (Å²) in [6.45, 7) is 0. The molecule has 1 heterocycles. The van der Waals surface area contributed by atoms with Gasteiger partial charge >= 0.3 is 0 Å². The summed E-state index contributed by atoms with van der Waals surface area (Å²) >= 11 is 0. The summed E-state index contributed by atoms with van der Waals surface area (Å²) in [6.07, 6.45) is 0.552. The van der Waals surface area contributed by atoms with Crippen LogP contribution in [0.15, 0.2) is 48.7 Å².